The fraction of sp³-hybridized carbons (Fsp3) is 0.222. The molecule has 4 rings (SSSR count). The van der Waals surface area contributed by atoms with E-state index >= 15 is 0 Å². The number of amides is 2. The highest BCUT2D eigenvalue weighted by Gasteiger charge is 2.32. The van der Waals surface area contributed by atoms with E-state index in [9.17, 15) is 14.4 Å². The minimum atomic E-state index is -1.25. The van der Waals surface area contributed by atoms with Crippen molar-refractivity contribution in [3.63, 3.8) is 0 Å². The molecule has 0 unspecified atom stereocenters. The zero-order chi connectivity index (χ0) is 25.0. The van der Waals surface area contributed by atoms with Crippen molar-refractivity contribution in [2.45, 2.75) is 25.3 Å². The van der Waals surface area contributed by atoms with Crippen molar-refractivity contribution in [3.05, 3.63) is 83.9 Å². The summed E-state index contributed by atoms with van der Waals surface area (Å²) in [4.78, 5) is 35.9. The van der Waals surface area contributed by atoms with Crippen molar-refractivity contribution < 1.29 is 29.0 Å². The summed E-state index contributed by atoms with van der Waals surface area (Å²) in [5.41, 5.74) is 3.71. The molecule has 0 atom stereocenters. The molecule has 180 valence electrons. The fourth-order valence-electron chi connectivity index (χ4n) is 4.01. The number of hydrogen-bond donors (Lipinski definition) is 3. The summed E-state index contributed by atoms with van der Waals surface area (Å²) in [6.07, 6.45) is -0.690. The molecule has 0 aliphatic heterocycles. The number of anilines is 1. The molecule has 8 heteroatoms. The zero-order valence-electron chi connectivity index (χ0n) is 19.4. The van der Waals surface area contributed by atoms with Gasteiger partial charge in [-0.2, -0.15) is 0 Å². The van der Waals surface area contributed by atoms with Gasteiger partial charge in [0, 0.05) is 11.6 Å². The number of hydrogen-bond acceptors (Lipinski definition) is 5. The number of carboxylic acid groups (broad SMARTS) is 1. The van der Waals surface area contributed by atoms with Crippen LogP contribution in [-0.4, -0.2) is 41.8 Å². The summed E-state index contributed by atoms with van der Waals surface area (Å²) < 4.78 is 10.6. The fourth-order valence-corrected chi connectivity index (χ4v) is 4.01. The zero-order valence-corrected chi connectivity index (χ0v) is 19.4. The van der Waals surface area contributed by atoms with Gasteiger partial charge in [0.1, 0.15) is 17.9 Å². The quantitative estimate of drug-likeness (QED) is 0.446. The molecule has 0 saturated heterocycles. The van der Waals surface area contributed by atoms with Crippen LogP contribution in [0.2, 0.25) is 0 Å². The van der Waals surface area contributed by atoms with Gasteiger partial charge in [0.2, 0.25) is 5.91 Å². The monoisotopic (exact) mass is 474 g/mol. The average Bonchev–Trinajstić information content (AvgIpc) is 3.15. The molecule has 0 spiro atoms. The highest BCUT2D eigenvalue weighted by Crippen LogP contribution is 2.44. The van der Waals surface area contributed by atoms with Gasteiger partial charge < -0.3 is 25.2 Å². The molecular formula is C27H26N2O6. The highest BCUT2D eigenvalue weighted by atomic mass is 16.5. The van der Waals surface area contributed by atoms with Crippen molar-refractivity contribution in [2.75, 3.05) is 18.5 Å². The van der Waals surface area contributed by atoms with Crippen molar-refractivity contribution in [3.8, 4) is 16.9 Å². The molecule has 0 bridgehead atoms. The van der Waals surface area contributed by atoms with Crippen LogP contribution in [0.3, 0.4) is 0 Å². The molecule has 0 aromatic heterocycles. The van der Waals surface area contributed by atoms with Gasteiger partial charge in [-0.15, -0.1) is 0 Å². The minimum Gasteiger partial charge on any atom is -0.482 e. The van der Waals surface area contributed by atoms with Gasteiger partial charge in [-0.1, -0.05) is 48.5 Å². The number of aliphatic carboxylic acids is 1. The SMILES string of the molecule is CC(C)(NC(=O)OCC1c2ccccc2-c2ccccc21)C(=O)Nc1ccc(OCC(=O)O)cc1. The van der Waals surface area contributed by atoms with Crippen LogP contribution in [0, 0.1) is 0 Å². The predicted molar refractivity (Wildman–Crippen MR) is 130 cm³/mol. The third kappa shape index (κ3) is 5.43. The third-order valence-corrected chi connectivity index (χ3v) is 5.80. The molecule has 3 N–H and O–H groups in total. The topological polar surface area (TPSA) is 114 Å². The maximum atomic E-state index is 12.8. The summed E-state index contributed by atoms with van der Waals surface area (Å²) in [5.74, 6) is -1.23. The molecule has 0 radical (unpaired) electrons. The second-order valence-electron chi connectivity index (χ2n) is 8.74. The Morgan fingerprint density at radius 2 is 1.46 bits per heavy atom. The van der Waals surface area contributed by atoms with Crippen LogP contribution in [0.4, 0.5) is 10.5 Å². The smallest absolute Gasteiger partial charge is 0.408 e. The normalized spacial score (nSPS) is 12.3. The first-order valence-corrected chi connectivity index (χ1v) is 11.1. The molecule has 3 aromatic carbocycles. The maximum absolute atomic E-state index is 12.8. The highest BCUT2D eigenvalue weighted by molar-refractivity contribution is 5.99. The van der Waals surface area contributed by atoms with Crippen LogP contribution in [0.1, 0.15) is 30.9 Å². The summed E-state index contributed by atoms with van der Waals surface area (Å²) in [6, 6.07) is 22.4. The number of fused-ring (bicyclic) bond motifs is 3. The standard InChI is InChI=1S/C27H26N2O6/c1-27(2,25(32)28-17-11-13-18(14-12-17)34-16-24(30)31)29-26(33)35-15-23-21-9-5-3-7-19(21)20-8-4-6-10-22(20)23/h3-14,23H,15-16H2,1-2H3,(H,28,32)(H,29,33)(H,30,31). The van der Waals surface area contributed by atoms with Crippen molar-refractivity contribution in [1.82, 2.24) is 5.32 Å². The Balaban J connectivity index is 1.34. The van der Waals surface area contributed by atoms with E-state index in [2.05, 4.69) is 22.8 Å². The molecule has 2 amide bonds. The van der Waals surface area contributed by atoms with Crippen LogP contribution < -0.4 is 15.4 Å². The van der Waals surface area contributed by atoms with Crippen molar-refractivity contribution in [1.29, 1.82) is 0 Å². The van der Waals surface area contributed by atoms with E-state index in [0.717, 1.165) is 22.3 Å². The summed E-state index contributed by atoms with van der Waals surface area (Å²) >= 11 is 0. The second kappa shape index (κ2) is 9.89. The summed E-state index contributed by atoms with van der Waals surface area (Å²) in [5, 5.41) is 14.0. The first-order chi connectivity index (χ1) is 16.7. The van der Waals surface area contributed by atoms with Gasteiger partial charge in [0.15, 0.2) is 6.61 Å². The van der Waals surface area contributed by atoms with Gasteiger partial charge in [0.05, 0.1) is 0 Å². The molecule has 0 fully saturated rings. The Morgan fingerprint density at radius 3 is 2.03 bits per heavy atom. The Labute approximate surface area is 202 Å². The lowest BCUT2D eigenvalue weighted by molar-refractivity contribution is -0.139. The van der Waals surface area contributed by atoms with Gasteiger partial charge in [-0.3, -0.25) is 4.79 Å². The van der Waals surface area contributed by atoms with Crippen LogP contribution in [0.5, 0.6) is 5.75 Å². The average molecular weight is 475 g/mol. The van der Waals surface area contributed by atoms with Crippen LogP contribution in [0.25, 0.3) is 11.1 Å². The lowest BCUT2D eigenvalue weighted by Gasteiger charge is -2.25. The van der Waals surface area contributed by atoms with Crippen LogP contribution in [0.15, 0.2) is 72.8 Å². The first kappa shape index (κ1) is 23.8. The number of nitrogens with one attached hydrogen (secondary N) is 2. The molecular weight excluding hydrogens is 448 g/mol. The minimum absolute atomic E-state index is 0.0769. The number of carboxylic acids is 1. The van der Waals surface area contributed by atoms with Crippen LogP contribution >= 0.6 is 0 Å². The largest absolute Gasteiger partial charge is 0.482 e. The summed E-state index contributed by atoms with van der Waals surface area (Å²) in [6.45, 7) is 2.85. The lowest BCUT2D eigenvalue weighted by atomic mass is 9.98. The van der Waals surface area contributed by atoms with Gasteiger partial charge in [-0.25, -0.2) is 9.59 Å². The molecule has 1 aliphatic carbocycles. The van der Waals surface area contributed by atoms with E-state index in [1.807, 2.05) is 36.4 Å². The lowest BCUT2D eigenvalue weighted by Crippen LogP contribution is -2.52. The van der Waals surface area contributed by atoms with E-state index in [-0.39, 0.29) is 12.5 Å². The number of benzene rings is 3. The molecule has 0 saturated carbocycles. The molecule has 0 heterocycles. The van der Waals surface area contributed by atoms with Gasteiger partial charge in [0.25, 0.3) is 0 Å². The van der Waals surface area contributed by atoms with Gasteiger partial charge in [-0.05, 0) is 60.4 Å². The summed E-state index contributed by atoms with van der Waals surface area (Å²) in [7, 11) is 0. The van der Waals surface area contributed by atoms with E-state index in [1.54, 1.807) is 38.1 Å². The Kier molecular flexibility index (Phi) is 6.73. The van der Waals surface area contributed by atoms with Crippen molar-refractivity contribution >= 4 is 23.7 Å². The number of ether oxygens (including phenoxy) is 2. The van der Waals surface area contributed by atoms with E-state index in [4.69, 9.17) is 14.6 Å². The molecule has 1 aliphatic rings. The Bertz CT molecular complexity index is 1210. The third-order valence-electron chi connectivity index (χ3n) is 5.80. The molecule has 8 nitrogen and oxygen atoms in total. The second-order valence-corrected chi connectivity index (χ2v) is 8.74. The number of carbonyl (C=O) groups is 3. The Morgan fingerprint density at radius 1 is 0.886 bits per heavy atom. The maximum Gasteiger partial charge on any atom is 0.408 e. The first-order valence-electron chi connectivity index (χ1n) is 11.1. The predicted octanol–water partition coefficient (Wildman–Crippen LogP) is 4.41. The Hall–Kier alpha value is -4.33. The molecule has 3 aromatic rings. The number of alkyl carbamates (subject to hydrolysis) is 1. The van der Waals surface area contributed by atoms with E-state index in [0.29, 0.717) is 11.4 Å². The van der Waals surface area contributed by atoms with E-state index in [1.165, 1.54) is 0 Å². The van der Waals surface area contributed by atoms with E-state index < -0.39 is 30.1 Å². The molecule has 35 heavy (non-hydrogen) atoms. The van der Waals surface area contributed by atoms with Crippen molar-refractivity contribution in [2.24, 2.45) is 0 Å². The number of rotatable bonds is 8. The number of carbonyl (C=O) groups excluding carboxylic acids is 2. The van der Waals surface area contributed by atoms with Gasteiger partial charge >= 0.3 is 12.1 Å². The van der Waals surface area contributed by atoms with Crippen LogP contribution in [-0.2, 0) is 14.3 Å².